The quantitative estimate of drug-likeness (QED) is 0.234. The van der Waals surface area contributed by atoms with Crippen LogP contribution in [-0.4, -0.2) is 44.3 Å². The number of ether oxygens (including phenoxy) is 2. The topological polar surface area (TPSA) is 63.7 Å². The van der Waals surface area contributed by atoms with E-state index in [2.05, 4.69) is 15.6 Å². The molecule has 0 unspecified atom stereocenters. The smallest absolute Gasteiger partial charge is 0.251 e. The Hall–Kier alpha value is -3.39. The maximum absolute atomic E-state index is 12.3. The van der Waals surface area contributed by atoms with Crippen molar-refractivity contribution in [2.75, 3.05) is 38.3 Å². The number of benzene rings is 3. The van der Waals surface area contributed by atoms with Crippen molar-refractivity contribution in [3.8, 4) is 17.0 Å². The van der Waals surface area contributed by atoms with E-state index in [9.17, 15) is 4.79 Å². The van der Waals surface area contributed by atoms with Gasteiger partial charge in [-0.05, 0) is 42.0 Å². The first-order valence-corrected chi connectivity index (χ1v) is 12.9. The summed E-state index contributed by atoms with van der Waals surface area (Å²) < 4.78 is 10.9. The number of methoxy groups -OCH3 is 1. The van der Waals surface area contributed by atoms with Crippen LogP contribution in [0, 0.1) is 0 Å². The van der Waals surface area contributed by atoms with Crippen LogP contribution >= 0.6 is 22.9 Å². The summed E-state index contributed by atoms with van der Waals surface area (Å²) in [5.74, 6) is 0.724. The lowest BCUT2D eigenvalue weighted by Crippen LogP contribution is -2.28. The molecule has 0 aliphatic carbocycles. The van der Waals surface area contributed by atoms with E-state index >= 15 is 0 Å². The van der Waals surface area contributed by atoms with Crippen LogP contribution in [0.5, 0.6) is 5.75 Å². The molecule has 0 atom stereocenters. The molecule has 1 N–H and O–H groups in total. The van der Waals surface area contributed by atoms with E-state index in [1.165, 1.54) is 0 Å². The standard InChI is InChI=1S/C28H28ClN3O3S/c1-34-17-15-30-27(33)23-9-7-21(8-10-23)19-32(16-18-35-25-5-3-2-4-6-25)28-31-26(20-36-28)22-11-13-24(29)14-12-22/h2-14,20H,15-19H2,1H3,(H,30,33). The number of rotatable bonds is 12. The summed E-state index contributed by atoms with van der Waals surface area (Å²) >= 11 is 7.64. The molecule has 0 bridgehead atoms. The SMILES string of the molecule is COCCNC(=O)c1ccc(CN(CCOc2ccccc2)c2nc(-c3ccc(Cl)cc3)cs2)cc1. The molecule has 0 spiro atoms. The fraction of sp³-hybridized carbons (Fsp3) is 0.214. The average Bonchev–Trinajstić information content (AvgIpc) is 3.40. The van der Waals surface area contributed by atoms with Gasteiger partial charge < -0.3 is 19.7 Å². The Morgan fingerprint density at radius 2 is 1.75 bits per heavy atom. The number of para-hydroxylation sites is 1. The van der Waals surface area contributed by atoms with Gasteiger partial charge in [0.05, 0.1) is 18.8 Å². The molecule has 8 heteroatoms. The van der Waals surface area contributed by atoms with Gasteiger partial charge in [-0.15, -0.1) is 11.3 Å². The van der Waals surface area contributed by atoms with Crippen molar-refractivity contribution in [3.63, 3.8) is 0 Å². The van der Waals surface area contributed by atoms with E-state index < -0.39 is 0 Å². The molecule has 0 aliphatic heterocycles. The number of carbonyl (C=O) groups excluding carboxylic acids is 1. The maximum atomic E-state index is 12.3. The zero-order chi connectivity index (χ0) is 25.2. The lowest BCUT2D eigenvalue weighted by Gasteiger charge is -2.22. The molecule has 36 heavy (non-hydrogen) atoms. The molecule has 6 nitrogen and oxygen atoms in total. The molecule has 4 rings (SSSR count). The molecule has 0 radical (unpaired) electrons. The number of nitrogens with zero attached hydrogens (tertiary/aromatic N) is 2. The monoisotopic (exact) mass is 521 g/mol. The van der Waals surface area contributed by atoms with Crippen molar-refractivity contribution in [1.29, 1.82) is 0 Å². The minimum absolute atomic E-state index is 0.112. The second kappa shape index (κ2) is 13.1. The van der Waals surface area contributed by atoms with Gasteiger partial charge in [0.1, 0.15) is 12.4 Å². The van der Waals surface area contributed by atoms with Crippen LogP contribution in [-0.2, 0) is 11.3 Å². The van der Waals surface area contributed by atoms with E-state index in [0.29, 0.717) is 43.4 Å². The van der Waals surface area contributed by atoms with E-state index in [4.69, 9.17) is 26.1 Å². The third-order valence-corrected chi connectivity index (χ3v) is 6.61. The summed E-state index contributed by atoms with van der Waals surface area (Å²) in [5, 5.41) is 6.50. The predicted molar refractivity (Wildman–Crippen MR) is 146 cm³/mol. The average molecular weight is 522 g/mol. The van der Waals surface area contributed by atoms with Gasteiger partial charge in [0, 0.05) is 41.7 Å². The normalized spacial score (nSPS) is 10.7. The molecule has 1 amide bonds. The van der Waals surface area contributed by atoms with Crippen LogP contribution in [0.15, 0.2) is 84.2 Å². The van der Waals surface area contributed by atoms with Gasteiger partial charge in [0.15, 0.2) is 5.13 Å². The molecule has 0 aliphatic rings. The zero-order valence-electron chi connectivity index (χ0n) is 20.0. The fourth-order valence-electron chi connectivity index (χ4n) is 3.55. The third-order valence-electron chi connectivity index (χ3n) is 5.46. The van der Waals surface area contributed by atoms with Crippen LogP contribution in [0.4, 0.5) is 5.13 Å². The maximum Gasteiger partial charge on any atom is 0.251 e. The second-order valence-electron chi connectivity index (χ2n) is 8.05. The van der Waals surface area contributed by atoms with Crippen molar-refractivity contribution in [2.24, 2.45) is 0 Å². The molecule has 4 aromatic rings. The first kappa shape index (κ1) is 25.7. The Labute approximate surface area is 220 Å². The number of aromatic nitrogens is 1. The van der Waals surface area contributed by atoms with E-state index in [1.807, 2.05) is 78.9 Å². The number of halogens is 1. The summed E-state index contributed by atoms with van der Waals surface area (Å²) in [6, 6.07) is 25.1. The lowest BCUT2D eigenvalue weighted by molar-refractivity contribution is 0.0937. The lowest BCUT2D eigenvalue weighted by atomic mass is 10.1. The molecular formula is C28H28ClN3O3S. The van der Waals surface area contributed by atoms with E-state index in [1.54, 1.807) is 18.4 Å². The Morgan fingerprint density at radius 1 is 1.00 bits per heavy atom. The van der Waals surface area contributed by atoms with Crippen LogP contribution < -0.4 is 15.0 Å². The largest absolute Gasteiger partial charge is 0.492 e. The summed E-state index contributed by atoms with van der Waals surface area (Å²) in [6.07, 6.45) is 0. The number of thiazole rings is 1. The zero-order valence-corrected chi connectivity index (χ0v) is 21.6. The highest BCUT2D eigenvalue weighted by atomic mass is 35.5. The third kappa shape index (κ3) is 7.31. The summed E-state index contributed by atoms with van der Waals surface area (Å²) in [6.45, 7) is 2.76. The van der Waals surface area contributed by atoms with Gasteiger partial charge in [0.2, 0.25) is 0 Å². The first-order chi connectivity index (χ1) is 17.6. The number of hydrogen-bond acceptors (Lipinski definition) is 6. The highest BCUT2D eigenvalue weighted by molar-refractivity contribution is 7.14. The summed E-state index contributed by atoms with van der Waals surface area (Å²) in [4.78, 5) is 19.4. The number of hydrogen-bond donors (Lipinski definition) is 1. The Balaban J connectivity index is 1.47. The molecule has 186 valence electrons. The Morgan fingerprint density at radius 3 is 2.47 bits per heavy atom. The minimum Gasteiger partial charge on any atom is -0.492 e. The Kier molecular flexibility index (Phi) is 9.33. The van der Waals surface area contributed by atoms with Crippen molar-refractivity contribution in [2.45, 2.75) is 6.54 Å². The van der Waals surface area contributed by atoms with Crippen molar-refractivity contribution in [3.05, 3.63) is 100 Å². The highest BCUT2D eigenvalue weighted by Gasteiger charge is 2.14. The van der Waals surface area contributed by atoms with Crippen molar-refractivity contribution < 1.29 is 14.3 Å². The molecule has 3 aromatic carbocycles. The van der Waals surface area contributed by atoms with Gasteiger partial charge >= 0.3 is 0 Å². The molecule has 0 saturated carbocycles. The molecule has 1 heterocycles. The molecule has 1 aromatic heterocycles. The van der Waals surface area contributed by atoms with Gasteiger partial charge in [0.25, 0.3) is 5.91 Å². The first-order valence-electron chi connectivity index (χ1n) is 11.6. The van der Waals surface area contributed by atoms with Gasteiger partial charge in [-0.3, -0.25) is 4.79 Å². The molecule has 0 fully saturated rings. The van der Waals surface area contributed by atoms with E-state index in [0.717, 1.165) is 27.7 Å². The van der Waals surface area contributed by atoms with Gasteiger partial charge in [-0.2, -0.15) is 0 Å². The number of nitrogens with one attached hydrogen (secondary N) is 1. The van der Waals surface area contributed by atoms with Crippen LogP contribution in [0.25, 0.3) is 11.3 Å². The molecular weight excluding hydrogens is 494 g/mol. The Bertz CT molecular complexity index is 1230. The highest BCUT2D eigenvalue weighted by Crippen LogP contribution is 2.29. The van der Waals surface area contributed by atoms with Crippen molar-refractivity contribution >= 4 is 34.0 Å². The van der Waals surface area contributed by atoms with Crippen LogP contribution in [0.3, 0.4) is 0 Å². The second-order valence-corrected chi connectivity index (χ2v) is 9.32. The molecule has 0 saturated heterocycles. The van der Waals surface area contributed by atoms with Crippen molar-refractivity contribution in [1.82, 2.24) is 10.3 Å². The fourth-order valence-corrected chi connectivity index (χ4v) is 4.53. The van der Waals surface area contributed by atoms with Gasteiger partial charge in [-0.25, -0.2) is 4.98 Å². The van der Waals surface area contributed by atoms with Crippen LogP contribution in [0.2, 0.25) is 5.02 Å². The van der Waals surface area contributed by atoms with E-state index in [-0.39, 0.29) is 5.91 Å². The number of anilines is 1. The summed E-state index contributed by atoms with van der Waals surface area (Å²) in [5.41, 5.74) is 3.62. The summed E-state index contributed by atoms with van der Waals surface area (Å²) in [7, 11) is 1.61. The van der Waals surface area contributed by atoms with Crippen LogP contribution in [0.1, 0.15) is 15.9 Å². The van der Waals surface area contributed by atoms with Gasteiger partial charge in [-0.1, -0.05) is 54.1 Å². The number of carbonyl (C=O) groups is 1. The minimum atomic E-state index is -0.112. The number of amides is 1. The predicted octanol–water partition coefficient (Wildman–Crippen LogP) is 5.93.